The van der Waals surface area contributed by atoms with Gasteiger partial charge in [0, 0.05) is 23.8 Å². The number of nitrogens with one attached hydrogen (secondary N) is 1. The molecule has 0 radical (unpaired) electrons. The Morgan fingerprint density at radius 2 is 2.23 bits per heavy atom. The van der Waals surface area contributed by atoms with Gasteiger partial charge in [-0.2, -0.15) is 0 Å². The molecule has 1 amide bonds. The molecular formula is C22H24N6OS. The van der Waals surface area contributed by atoms with Crippen LogP contribution in [-0.2, 0) is 19.4 Å². The summed E-state index contributed by atoms with van der Waals surface area (Å²) in [5, 5.41) is 8.30. The van der Waals surface area contributed by atoms with Gasteiger partial charge in [-0.05, 0) is 47.8 Å². The SMILES string of the molecule is CC(C)(C)[C@@H]1CCc2c(sc3ncn4nc(C(=O)NCc5cccnc5)nc4c23)C1. The Hall–Kier alpha value is -2.87. The summed E-state index contributed by atoms with van der Waals surface area (Å²) >= 11 is 1.76. The topological polar surface area (TPSA) is 85.1 Å². The number of hydrogen-bond donors (Lipinski definition) is 1. The highest BCUT2D eigenvalue weighted by molar-refractivity contribution is 7.19. The molecule has 1 N–H and O–H groups in total. The fraction of sp³-hybridized carbons (Fsp3) is 0.409. The van der Waals surface area contributed by atoms with Crippen LogP contribution in [0.5, 0.6) is 0 Å². The normalized spacial score (nSPS) is 16.7. The standard InChI is InChI=1S/C22H24N6OS/c1-22(2,3)14-6-7-15-16(9-14)30-21-17(15)19-26-18(27-28(19)12-25-21)20(29)24-11-13-5-4-8-23-10-13/h4-5,8,10,12,14H,6-7,9,11H2,1-3H3,(H,24,29)/t14-/m1/s1. The maximum Gasteiger partial charge on any atom is 0.291 e. The first-order chi connectivity index (χ1) is 14.4. The lowest BCUT2D eigenvalue weighted by molar-refractivity contribution is 0.0940. The highest BCUT2D eigenvalue weighted by Gasteiger charge is 2.32. The van der Waals surface area contributed by atoms with Crippen LogP contribution in [0.15, 0.2) is 30.9 Å². The third-order valence-electron chi connectivity index (χ3n) is 5.99. The molecule has 7 nitrogen and oxygen atoms in total. The molecule has 1 aliphatic carbocycles. The molecule has 0 saturated heterocycles. The van der Waals surface area contributed by atoms with Crippen LogP contribution in [0.2, 0.25) is 0 Å². The van der Waals surface area contributed by atoms with Gasteiger partial charge in [0.15, 0.2) is 5.65 Å². The molecule has 4 aromatic heterocycles. The molecule has 4 aromatic rings. The minimum absolute atomic E-state index is 0.163. The summed E-state index contributed by atoms with van der Waals surface area (Å²) in [5.41, 5.74) is 3.28. The molecule has 0 bridgehead atoms. The van der Waals surface area contributed by atoms with Gasteiger partial charge in [0.25, 0.3) is 5.91 Å². The van der Waals surface area contributed by atoms with E-state index in [-0.39, 0.29) is 11.7 Å². The van der Waals surface area contributed by atoms with E-state index < -0.39 is 0 Å². The van der Waals surface area contributed by atoms with Gasteiger partial charge in [-0.1, -0.05) is 26.8 Å². The molecule has 0 aromatic carbocycles. The molecule has 0 spiro atoms. The van der Waals surface area contributed by atoms with Crippen LogP contribution < -0.4 is 5.32 Å². The number of carbonyl (C=O) groups is 1. The van der Waals surface area contributed by atoms with Crippen molar-refractivity contribution in [3.63, 3.8) is 0 Å². The van der Waals surface area contributed by atoms with E-state index in [0.29, 0.717) is 17.9 Å². The third kappa shape index (κ3) is 3.35. The fourth-order valence-electron chi connectivity index (χ4n) is 4.17. The van der Waals surface area contributed by atoms with Crippen molar-refractivity contribution in [2.45, 2.75) is 46.6 Å². The van der Waals surface area contributed by atoms with Crippen LogP contribution in [0, 0.1) is 11.3 Å². The largest absolute Gasteiger partial charge is 0.345 e. The molecule has 5 rings (SSSR count). The zero-order valence-electron chi connectivity index (χ0n) is 17.3. The number of pyridine rings is 1. The zero-order chi connectivity index (χ0) is 20.9. The fourth-order valence-corrected chi connectivity index (χ4v) is 5.44. The summed E-state index contributed by atoms with van der Waals surface area (Å²) in [6.07, 6.45) is 8.36. The van der Waals surface area contributed by atoms with E-state index in [0.717, 1.165) is 40.7 Å². The predicted molar refractivity (Wildman–Crippen MR) is 117 cm³/mol. The molecule has 4 heterocycles. The van der Waals surface area contributed by atoms with Gasteiger partial charge in [0.1, 0.15) is 11.2 Å². The summed E-state index contributed by atoms with van der Waals surface area (Å²) in [6.45, 7) is 7.35. The monoisotopic (exact) mass is 420 g/mol. The summed E-state index contributed by atoms with van der Waals surface area (Å²) in [5.74, 6) is 0.532. The van der Waals surface area contributed by atoms with Crippen molar-refractivity contribution < 1.29 is 4.79 Å². The van der Waals surface area contributed by atoms with E-state index in [9.17, 15) is 4.79 Å². The van der Waals surface area contributed by atoms with Crippen molar-refractivity contribution in [3.05, 3.63) is 52.7 Å². The minimum atomic E-state index is -0.299. The number of carbonyl (C=O) groups excluding carboxylic acids is 1. The molecule has 0 fully saturated rings. The number of rotatable bonds is 3. The smallest absolute Gasteiger partial charge is 0.291 e. The zero-order valence-corrected chi connectivity index (χ0v) is 18.2. The maximum absolute atomic E-state index is 12.6. The van der Waals surface area contributed by atoms with Crippen molar-refractivity contribution in [3.8, 4) is 0 Å². The van der Waals surface area contributed by atoms with Gasteiger partial charge in [0.05, 0.1) is 5.39 Å². The van der Waals surface area contributed by atoms with Gasteiger partial charge in [-0.3, -0.25) is 9.78 Å². The molecule has 0 aliphatic heterocycles. The number of thiophene rings is 1. The predicted octanol–water partition coefficient (Wildman–Crippen LogP) is 3.82. The first kappa shape index (κ1) is 19.1. The van der Waals surface area contributed by atoms with Crippen LogP contribution in [-0.4, -0.2) is 30.5 Å². The number of aromatic nitrogens is 5. The lowest BCUT2D eigenvalue weighted by atomic mass is 9.72. The van der Waals surface area contributed by atoms with E-state index >= 15 is 0 Å². The van der Waals surface area contributed by atoms with E-state index in [1.807, 2.05) is 12.1 Å². The molecular weight excluding hydrogens is 396 g/mol. The van der Waals surface area contributed by atoms with E-state index in [1.165, 1.54) is 10.4 Å². The molecule has 1 aliphatic rings. The van der Waals surface area contributed by atoms with Crippen LogP contribution in [0.3, 0.4) is 0 Å². The highest BCUT2D eigenvalue weighted by Crippen LogP contribution is 2.43. The van der Waals surface area contributed by atoms with Crippen molar-refractivity contribution in [2.24, 2.45) is 11.3 Å². The second kappa shape index (κ2) is 7.12. The minimum Gasteiger partial charge on any atom is -0.345 e. The Bertz CT molecular complexity index is 1240. The number of hydrogen-bond acceptors (Lipinski definition) is 6. The quantitative estimate of drug-likeness (QED) is 0.545. The first-order valence-corrected chi connectivity index (χ1v) is 11.0. The summed E-state index contributed by atoms with van der Waals surface area (Å²) in [7, 11) is 0. The van der Waals surface area contributed by atoms with E-state index in [2.05, 4.69) is 46.1 Å². The Labute approximate surface area is 178 Å². The molecule has 1 atom stereocenters. The lowest BCUT2D eigenvalue weighted by Crippen LogP contribution is -2.26. The first-order valence-electron chi connectivity index (χ1n) is 10.2. The lowest BCUT2D eigenvalue weighted by Gasteiger charge is -2.33. The molecule has 30 heavy (non-hydrogen) atoms. The summed E-state index contributed by atoms with van der Waals surface area (Å²) < 4.78 is 1.63. The van der Waals surface area contributed by atoms with Crippen molar-refractivity contribution in [2.75, 3.05) is 0 Å². The Morgan fingerprint density at radius 3 is 3.00 bits per heavy atom. The van der Waals surface area contributed by atoms with Crippen LogP contribution in [0.1, 0.15) is 53.8 Å². The Morgan fingerprint density at radius 1 is 1.37 bits per heavy atom. The average Bonchev–Trinajstić information content (AvgIpc) is 3.32. The second-order valence-corrected chi connectivity index (χ2v) is 10.1. The number of aryl methyl sites for hydroxylation is 1. The van der Waals surface area contributed by atoms with E-state index in [1.54, 1.807) is 34.6 Å². The average molecular weight is 421 g/mol. The second-order valence-electron chi connectivity index (χ2n) is 8.98. The van der Waals surface area contributed by atoms with Crippen molar-refractivity contribution >= 4 is 33.1 Å². The van der Waals surface area contributed by atoms with Gasteiger partial charge in [-0.25, -0.2) is 14.5 Å². The van der Waals surface area contributed by atoms with Crippen molar-refractivity contribution in [1.29, 1.82) is 0 Å². The highest BCUT2D eigenvalue weighted by atomic mass is 32.1. The number of fused-ring (bicyclic) bond motifs is 5. The van der Waals surface area contributed by atoms with Gasteiger partial charge in [0.2, 0.25) is 5.82 Å². The van der Waals surface area contributed by atoms with E-state index in [4.69, 9.17) is 0 Å². The molecule has 8 heteroatoms. The maximum atomic E-state index is 12.6. The number of nitrogens with zero attached hydrogens (tertiary/aromatic N) is 5. The summed E-state index contributed by atoms with van der Waals surface area (Å²) in [4.78, 5) is 28.3. The molecule has 0 unspecified atom stereocenters. The number of amides is 1. The Kier molecular flexibility index (Phi) is 4.54. The van der Waals surface area contributed by atoms with Crippen molar-refractivity contribution in [1.82, 2.24) is 29.9 Å². The van der Waals surface area contributed by atoms with Gasteiger partial charge >= 0.3 is 0 Å². The molecule has 0 saturated carbocycles. The summed E-state index contributed by atoms with van der Waals surface area (Å²) in [6, 6.07) is 3.76. The van der Waals surface area contributed by atoms with Gasteiger partial charge < -0.3 is 5.32 Å². The Balaban J connectivity index is 1.47. The van der Waals surface area contributed by atoms with Crippen LogP contribution >= 0.6 is 11.3 Å². The van der Waals surface area contributed by atoms with Crippen LogP contribution in [0.4, 0.5) is 0 Å². The van der Waals surface area contributed by atoms with Gasteiger partial charge in [-0.15, -0.1) is 16.4 Å². The third-order valence-corrected chi connectivity index (χ3v) is 7.15. The molecule has 154 valence electrons. The van der Waals surface area contributed by atoms with Crippen LogP contribution in [0.25, 0.3) is 15.9 Å².